The van der Waals surface area contributed by atoms with Crippen LogP contribution in [0, 0.1) is 6.92 Å². The minimum Gasteiger partial charge on any atom is -0.393 e. The molecule has 0 radical (unpaired) electrons. The summed E-state index contributed by atoms with van der Waals surface area (Å²) in [5.41, 5.74) is 9.25. The summed E-state index contributed by atoms with van der Waals surface area (Å²) in [6, 6.07) is 7.86. The Bertz CT molecular complexity index is 662. The lowest BCUT2D eigenvalue weighted by atomic mass is 10.2. The Morgan fingerprint density at radius 1 is 1.28 bits per heavy atom. The summed E-state index contributed by atoms with van der Waals surface area (Å²) in [6.07, 6.45) is 2.27. The summed E-state index contributed by atoms with van der Waals surface area (Å²) >= 11 is 0. The van der Waals surface area contributed by atoms with Crippen molar-refractivity contribution in [3.63, 3.8) is 0 Å². The van der Waals surface area contributed by atoms with E-state index in [1.54, 1.807) is 4.68 Å². The van der Waals surface area contributed by atoms with Gasteiger partial charge in [0.1, 0.15) is 5.69 Å². The van der Waals surface area contributed by atoms with Gasteiger partial charge in [0.25, 0.3) is 5.56 Å². The molecule has 0 unspecified atom stereocenters. The largest absolute Gasteiger partial charge is 0.393 e. The number of para-hydroxylation sites is 1. The van der Waals surface area contributed by atoms with Gasteiger partial charge in [0.15, 0.2) is 0 Å². The fraction of sp³-hybridized carbons (Fsp3) is 0.357. The van der Waals surface area contributed by atoms with Crippen LogP contribution in [0.2, 0.25) is 0 Å². The molecule has 1 aromatic heterocycles. The molecule has 0 spiro atoms. The topological polar surface area (TPSA) is 52.9 Å². The number of aryl methyl sites for hydroxylation is 1. The standard InChI is InChI=1S/C14H17N3O/c1-9-5-3-4-6-11(9)17-14(18)12(15)13(16(17)2)10-7-8-10/h3-6,10H,7-8,15H2,1-2H3. The van der Waals surface area contributed by atoms with E-state index in [2.05, 4.69) is 0 Å². The van der Waals surface area contributed by atoms with Gasteiger partial charge in [0.05, 0.1) is 11.4 Å². The van der Waals surface area contributed by atoms with Crippen LogP contribution < -0.4 is 11.3 Å². The van der Waals surface area contributed by atoms with Crippen LogP contribution in [0.3, 0.4) is 0 Å². The van der Waals surface area contributed by atoms with E-state index >= 15 is 0 Å². The quantitative estimate of drug-likeness (QED) is 0.876. The summed E-state index contributed by atoms with van der Waals surface area (Å²) in [7, 11) is 1.91. The Labute approximate surface area is 106 Å². The number of hydrogen-bond donors (Lipinski definition) is 1. The normalized spacial score (nSPS) is 15.0. The number of rotatable bonds is 2. The highest BCUT2D eigenvalue weighted by atomic mass is 16.1. The molecule has 4 heteroatoms. The zero-order valence-electron chi connectivity index (χ0n) is 10.7. The zero-order chi connectivity index (χ0) is 12.9. The first kappa shape index (κ1) is 11.1. The van der Waals surface area contributed by atoms with E-state index in [9.17, 15) is 4.79 Å². The lowest BCUT2D eigenvalue weighted by molar-refractivity contribution is 0.614. The highest BCUT2D eigenvalue weighted by Gasteiger charge is 2.31. The van der Waals surface area contributed by atoms with E-state index in [0.29, 0.717) is 11.6 Å². The summed E-state index contributed by atoms with van der Waals surface area (Å²) in [4.78, 5) is 12.3. The van der Waals surface area contributed by atoms with Crippen LogP contribution in [0.5, 0.6) is 0 Å². The number of nitrogen functional groups attached to an aromatic ring is 1. The summed E-state index contributed by atoms with van der Waals surface area (Å²) in [5, 5.41) is 0. The number of benzene rings is 1. The van der Waals surface area contributed by atoms with E-state index < -0.39 is 0 Å². The summed E-state index contributed by atoms with van der Waals surface area (Å²) in [6.45, 7) is 2.00. The molecule has 1 aliphatic rings. The smallest absolute Gasteiger partial charge is 0.294 e. The molecule has 1 fully saturated rings. The van der Waals surface area contributed by atoms with Crippen LogP contribution >= 0.6 is 0 Å². The number of aromatic nitrogens is 2. The van der Waals surface area contributed by atoms with Crippen molar-refractivity contribution in [2.24, 2.45) is 7.05 Å². The zero-order valence-corrected chi connectivity index (χ0v) is 10.7. The predicted molar refractivity (Wildman–Crippen MR) is 72.1 cm³/mol. The first-order valence-corrected chi connectivity index (χ1v) is 6.24. The third kappa shape index (κ3) is 1.49. The van der Waals surface area contributed by atoms with Gasteiger partial charge in [0, 0.05) is 13.0 Å². The second-order valence-electron chi connectivity index (χ2n) is 5.00. The highest BCUT2D eigenvalue weighted by molar-refractivity contribution is 5.50. The van der Waals surface area contributed by atoms with E-state index in [1.165, 1.54) is 0 Å². The van der Waals surface area contributed by atoms with E-state index in [-0.39, 0.29) is 5.56 Å². The van der Waals surface area contributed by atoms with Crippen molar-refractivity contribution in [1.29, 1.82) is 0 Å². The van der Waals surface area contributed by atoms with Gasteiger partial charge in [0.2, 0.25) is 0 Å². The average Bonchev–Trinajstić information content (AvgIpc) is 3.13. The molecular formula is C14H17N3O. The van der Waals surface area contributed by atoms with Crippen LogP contribution in [0.1, 0.15) is 30.0 Å². The van der Waals surface area contributed by atoms with Crippen LogP contribution in [-0.4, -0.2) is 9.36 Å². The van der Waals surface area contributed by atoms with Crippen molar-refractivity contribution in [3.8, 4) is 5.69 Å². The van der Waals surface area contributed by atoms with Gasteiger partial charge in [-0.25, -0.2) is 4.68 Å². The van der Waals surface area contributed by atoms with Crippen molar-refractivity contribution >= 4 is 5.69 Å². The molecule has 1 heterocycles. The minimum atomic E-state index is -0.103. The third-order valence-electron chi connectivity index (χ3n) is 3.66. The van der Waals surface area contributed by atoms with Gasteiger partial charge in [-0.2, -0.15) is 0 Å². The Morgan fingerprint density at radius 3 is 2.56 bits per heavy atom. The van der Waals surface area contributed by atoms with Gasteiger partial charge in [-0.1, -0.05) is 18.2 Å². The molecule has 18 heavy (non-hydrogen) atoms. The molecule has 0 bridgehead atoms. The lowest BCUT2D eigenvalue weighted by Gasteiger charge is -2.11. The Kier molecular flexibility index (Phi) is 2.33. The Hall–Kier alpha value is -1.97. The van der Waals surface area contributed by atoms with E-state index in [0.717, 1.165) is 29.8 Å². The molecule has 2 N–H and O–H groups in total. The molecule has 0 atom stereocenters. The lowest BCUT2D eigenvalue weighted by Crippen LogP contribution is -2.21. The summed E-state index contributed by atoms with van der Waals surface area (Å²) < 4.78 is 3.59. The van der Waals surface area contributed by atoms with Gasteiger partial charge in [-0.3, -0.25) is 9.48 Å². The van der Waals surface area contributed by atoms with Crippen LogP contribution in [0.25, 0.3) is 5.69 Å². The predicted octanol–water partition coefficient (Wildman–Crippen LogP) is 1.94. The maximum absolute atomic E-state index is 12.3. The molecule has 1 aliphatic carbocycles. The monoisotopic (exact) mass is 243 g/mol. The number of nitrogens with zero attached hydrogens (tertiary/aromatic N) is 2. The molecule has 1 aromatic carbocycles. The number of hydrogen-bond acceptors (Lipinski definition) is 2. The highest BCUT2D eigenvalue weighted by Crippen LogP contribution is 2.42. The van der Waals surface area contributed by atoms with Crippen molar-refractivity contribution in [1.82, 2.24) is 9.36 Å². The first-order valence-electron chi connectivity index (χ1n) is 6.24. The molecule has 0 amide bonds. The number of anilines is 1. The van der Waals surface area contributed by atoms with Crippen molar-refractivity contribution in [2.75, 3.05) is 5.73 Å². The van der Waals surface area contributed by atoms with Crippen LogP contribution in [0.15, 0.2) is 29.1 Å². The van der Waals surface area contributed by atoms with E-state index in [4.69, 9.17) is 5.73 Å². The van der Waals surface area contributed by atoms with Crippen LogP contribution in [-0.2, 0) is 7.05 Å². The maximum atomic E-state index is 12.3. The third-order valence-corrected chi connectivity index (χ3v) is 3.66. The Morgan fingerprint density at radius 2 is 1.94 bits per heavy atom. The fourth-order valence-electron chi connectivity index (χ4n) is 2.55. The van der Waals surface area contributed by atoms with Gasteiger partial charge >= 0.3 is 0 Å². The number of nitrogens with two attached hydrogens (primary N) is 1. The first-order chi connectivity index (χ1) is 8.61. The molecule has 0 aliphatic heterocycles. The van der Waals surface area contributed by atoms with Crippen molar-refractivity contribution in [2.45, 2.75) is 25.7 Å². The minimum absolute atomic E-state index is 0.103. The molecule has 2 aromatic rings. The van der Waals surface area contributed by atoms with E-state index in [1.807, 2.05) is 42.9 Å². The maximum Gasteiger partial charge on any atom is 0.294 e. The summed E-state index contributed by atoms with van der Waals surface area (Å²) in [5.74, 6) is 0.466. The van der Waals surface area contributed by atoms with Gasteiger partial charge < -0.3 is 5.73 Å². The molecule has 3 rings (SSSR count). The second-order valence-corrected chi connectivity index (χ2v) is 5.00. The fourth-order valence-corrected chi connectivity index (χ4v) is 2.55. The Balaban J connectivity index is 2.28. The molecule has 4 nitrogen and oxygen atoms in total. The molecule has 94 valence electrons. The van der Waals surface area contributed by atoms with Crippen LogP contribution in [0.4, 0.5) is 5.69 Å². The SMILES string of the molecule is Cc1ccccc1-n1c(=O)c(N)c(C2CC2)n1C. The van der Waals surface area contributed by atoms with Crippen molar-refractivity contribution in [3.05, 3.63) is 45.9 Å². The molecular weight excluding hydrogens is 226 g/mol. The van der Waals surface area contributed by atoms with Gasteiger partial charge in [-0.15, -0.1) is 0 Å². The molecule has 1 saturated carbocycles. The molecule has 0 saturated heterocycles. The van der Waals surface area contributed by atoms with Gasteiger partial charge in [-0.05, 0) is 31.4 Å². The second kappa shape index (κ2) is 3.77. The van der Waals surface area contributed by atoms with Crippen molar-refractivity contribution < 1.29 is 0 Å². The average molecular weight is 243 g/mol.